The molecule has 0 saturated heterocycles. The highest BCUT2D eigenvalue weighted by molar-refractivity contribution is 6.13. The van der Waals surface area contributed by atoms with Gasteiger partial charge in [0.25, 0.3) is 5.91 Å². The predicted octanol–water partition coefficient (Wildman–Crippen LogP) is 6.04. The molecule has 0 aliphatic rings. The van der Waals surface area contributed by atoms with E-state index in [1.165, 1.54) is 5.56 Å². The van der Waals surface area contributed by atoms with E-state index in [0.29, 0.717) is 11.7 Å². The van der Waals surface area contributed by atoms with E-state index in [2.05, 4.69) is 54.7 Å². The topological polar surface area (TPSA) is 50.7 Å². The summed E-state index contributed by atoms with van der Waals surface area (Å²) in [6.45, 7) is 4.28. The third-order valence-corrected chi connectivity index (χ3v) is 5.63. The van der Waals surface area contributed by atoms with E-state index >= 15 is 0 Å². The van der Waals surface area contributed by atoms with E-state index in [0.717, 1.165) is 33.5 Å². The minimum Gasteiger partial charge on any atom is -0.484 e. The number of rotatable bonds is 7. The van der Waals surface area contributed by atoms with Gasteiger partial charge in [-0.25, -0.2) is 5.43 Å². The Bertz CT molecular complexity index is 1180. The predicted molar refractivity (Wildman–Crippen MR) is 128 cm³/mol. The third-order valence-electron chi connectivity index (χ3n) is 5.63. The lowest BCUT2D eigenvalue weighted by atomic mass is 9.97. The normalized spacial score (nSPS) is 12.3. The number of fused-ring (bicyclic) bond motifs is 2. The monoisotopic (exact) mass is 410 g/mol. The van der Waals surface area contributed by atoms with Gasteiger partial charge in [0.1, 0.15) is 5.75 Å². The smallest absolute Gasteiger partial charge is 0.277 e. The third kappa shape index (κ3) is 4.75. The number of amides is 1. The second-order valence-corrected chi connectivity index (χ2v) is 7.69. The standard InChI is InChI=1S/C27H26N2O2/c1-3-19(2)20-12-14-23(15-13-20)31-18-27(30)29-28-17-26-24-10-6-4-8-21(24)16-22-9-5-7-11-25(22)26/h4-17,19H,3,18H2,1-2H3,(H,29,30)/b28-17-/t19-/m1/s1. The average Bonchev–Trinajstić information content (AvgIpc) is 2.82. The van der Waals surface area contributed by atoms with Crippen LogP contribution in [0.1, 0.15) is 37.3 Å². The van der Waals surface area contributed by atoms with Crippen LogP contribution < -0.4 is 10.2 Å². The zero-order chi connectivity index (χ0) is 21.6. The van der Waals surface area contributed by atoms with Crippen molar-refractivity contribution in [2.45, 2.75) is 26.2 Å². The van der Waals surface area contributed by atoms with Crippen molar-refractivity contribution in [3.63, 3.8) is 0 Å². The molecule has 0 radical (unpaired) electrons. The number of hydrogen-bond acceptors (Lipinski definition) is 3. The van der Waals surface area contributed by atoms with Crippen molar-refractivity contribution >= 4 is 33.7 Å². The van der Waals surface area contributed by atoms with Gasteiger partial charge in [-0.3, -0.25) is 4.79 Å². The molecule has 4 heteroatoms. The van der Waals surface area contributed by atoms with E-state index in [9.17, 15) is 4.79 Å². The van der Waals surface area contributed by atoms with E-state index in [-0.39, 0.29) is 12.5 Å². The van der Waals surface area contributed by atoms with Crippen molar-refractivity contribution in [1.82, 2.24) is 5.43 Å². The van der Waals surface area contributed by atoms with Crippen molar-refractivity contribution in [3.05, 3.63) is 90.0 Å². The Balaban J connectivity index is 1.43. The molecule has 4 aromatic carbocycles. The molecule has 0 spiro atoms. The molecule has 31 heavy (non-hydrogen) atoms. The van der Waals surface area contributed by atoms with Crippen LogP contribution in [0.4, 0.5) is 0 Å². The summed E-state index contributed by atoms with van der Waals surface area (Å²) in [7, 11) is 0. The van der Waals surface area contributed by atoms with Crippen LogP contribution in [-0.4, -0.2) is 18.7 Å². The first-order valence-electron chi connectivity index (χ1n) is 10.6. The summed E-state index contributed by atoms with van der Waals surface area (Å²) in [4.78, 5) is 12.2. The fourth-order valence-corrected chi connectivity index (χ4v) is 3.67. The zero-order valence-corrected chi connectivity index (χ0v) is 17.8. The first-order chi connectivity index (χ1) is 15.2. The molecule has 0 saturated carbocycles. The Kier molecular flexibility index (Phi) is 6.27. The summed E-state index contributed by atoms with van der Waals surface area (Å²) < 4.78 is 5.59. The Morgan fingerprint density at radius 1 is 0.968 bits per heavy atom. The number of hydrogen-bond donors (Lipinski definition) is 1. The summed E-state index contributed by atoms with van der Waals surface area (Å²) in [5.41, 5.74) is 4.83. The molecule has 0 fully saturated rings. The van der Waals surface area contributed by atoms with E-state index < -0.39 is 0 Å². The summed E-state index contributed by atoms with van der Waals surface area (Å²) in [6.07, 6.45) is 2.80. The van der Waals surface area contributed by atoms with Crippen LogP contribution in [0, 0.1) is 0 Å². The molecule has 0 aliphatic heterocycles. The Hall–Kier alpha value is -3.66. The quantitative estimate of drug-likeness (QED) is 0.230. The first-order valence-corrected chi connectivity index (χ1v) is 10.6. The van der Waals surface area contributed by atoms with E-state index in [1.807, 2.05) is 48.5 Å². The van der Waals surface area contributed by atoms with Crippen molar-refractivity contribution in [1.29, 1.82) is 0 Å². The lowest BCUT2D eigenvalue weighted by molar-refractivity contribution is -0.123. The summed E-state index contributed by atoms with van der Waals surface area (Å²) in [5.74, 6) is 0.884. The van der Waals surface area contributed by atoms with Crippen LogP contribution in [0.15, 0.2) is 84.0 Å². The number of carbonyl (C=O) groups excluding carboxylic acids is 1. The lowest BCUT2D eigenvalue weighted by Crippen LogP contribution is -2.24. The number of carbonyl (C=O) groups is 1. The molecule has 0 aliphatic carbocycles. The maximum atomic E-state index is 12.2. The molecule has 1 amide bonds. The molecule has 0 unspecified atom stereocenters. The molecule has 156 valence electrons. The van der Waals surface area contributed by atoms with Gasteiger partial charge in [0.05, 0.1) is 6.21 Å². The SMILES string of the molecule is CC[C@@H](C)c1ccc(OCC(=O)N/N=C\c2c3ccccc3cc3ccccc23)cc1. The van der Waals surface area contributed by atoms with Crippen LogP contribution >= 0.6 is 0 Å². The van der Waals surface area contributed by atoms with Crippen LogP contribution in [0.2, 0.25) is 0 Å². The molecule has 4 nitrogen and oxygen atoms in total. The fraction of sp³-hybridized carbons (Fsp3) is 0.185. The second-order valence-electron chi connectivity index (χ2n) is 7.69. The number of nitrogens with zero attached hydrogens (tertiary/aromatic N) is 1. The van der Waals surface area contributed by atoms with Crippen LogP contribution in [-0.2, 0) is 4.79 Å². The molecule has 0 aromatic heterocycles. The minimum absolute atomic E-state index is 0.0870. The van der Waals surface area contributed by atoms with Crippen LogP contribution in [0.5, 0.6) is 5.75 Å². The molecule has 1 N–H and O–H groups in total. The van der Waals surface area contributed by atoms with Gasteiger partial charge in [0.15, 0.2) is 6.61 Å². The largest absolute Gasteiger partial charge is 0.484 e. The molecule has 1 atom stereocenters. The summed E-state index contributed by atoms with van der Waals surface area (Å²) >= 11 is 0. The lowest BCUT2D eigenvalue weighted by Gasteiger charge is -2.10. The zero-order valence-electron chi connectivity index (χ0n) is 17.8. The highest BCUT2D eigenvalue weighted by Crippen LogP contribution is 2.27. The minimum atomic E-state index is -0.299. The van der Waals surface area contributed by atoms with Gasteiger partial charge in [-0.2, -0.15) is 5.10 Å². The van der Waals surface area contributed by atoms with E-state index in [1.54, 1.807) is 6.21 Å². The molecule has 0 heterocycles. The number of ether oxygens (including phenoxy) is 1. The highest BCUT2D eigenvalue weighted by Gasteiger charge is 2.07. The van der Waals surface area contributed by atoms with Crippen LogP contribution in [0.3, 0.4) is 0 Å². The van der Waals surface area contributed by atoms with Gasteiger partial charge in [0.2, 0.25) is 0 Å². The number of nitrogens with one attached hydrogen (secondary N) is 1. The molecular formula is C27H26N2O2. The molecular weight excluding hydrogens is 384 g/mol. The van der Waals surface area contributed by atoms with Gasteiger partial charge in [-0.15, -0.1) is 0 Å². The maximum Gasteiger partial charge on any atom is 0.277 e. The van der Waals surface area contributed by atoms with Crippen molar-refractivity contribution in [3.8, 4) is 5.75 Å². The highest BCUT2D eigenvalue weighted by atomic mass is 16.5. The van der Waals surface area contributed by atoms with Crippen molar-refractivity contribution < 1.29 is 9.53 Å². The van der Waals surface area contributed by atoms with Gasteiger partial charge in [0, 0.05) is 5.56 Å². The molecule has 0 bridgehead atoms. The van der Waals surface area contributed by atoms with Gasteiger partial charge >= 0.3 is 0 Å². The average molecular weight is 411 g/mol. The first kappa shape index (κ1) is 20.6. The maximum absolute atomic E-state index is 12.2. The Morgan fingerprint density at radius 2 is 1.58 bits per heavy atom. The molecule has 4 aromatic rings. The van der Waals surface area contributed by atoms with Gasteiger partial charge < -0.3 is 4.74 Å². The fourth-order valence-electron chi connectivity index (χ4n) is 3.67. The summed E-state index contributed by atoms with van der Waals surface area (Å²) in [5, 5.41) is 8.66. The Morgan fingerprint density at radius 3 is 2.19 bits per heavy atom. The number of benzene rings is 4. The Labute approximate surface area is 182 Å². The number of hydrazone groups is 1. The van der Waals surface area contributed by atoms with Gasteiger partial charge in [-0.05, 0) is 57.6 Å². The molecule has 4 rings (SSSR count). The summed E-state index contributed by atoms with van der Waals surface area (Å²) in [6, 6.07) is 26.4. The van der Waals surface area contributed by atoms with E-state index in [4.69, 9.17) is 4.74 Å². The second kappa shape index (κ2) is 9.43. The van der Waals surface area contributed by atoms with Gasteiger partial charge in [-0.1, -0.05) is 74.5 Å². The van der Waals surface area contributed by atoms with Crippen LogP contribution in [0.25, 0.3) is 21.5 Å². The van der Waals surface area contributed by atoms with Crippen molar-refractivity contribution in [2.24, 2.45) is 5.10 Å². The van der Waals surface area contributed by atoms with Crippen molar-refractivity contribution in [2.75, 3.05) is 6.61 Å².